The molecule has 1 heterocycles. The molecule has 1 aliphatic carbocycles. The summed E-state index contributed by atoms with van der Waals surface area (Å²) in [5, 5.41) is 0. The number of nitrogens with one attached hydrogen (secondary N) is 2. The molecule has 0 aliphatic heterocycles. The molecular formula is C14H12F2N2O3S2. The summed E-state index contributed by atoms with van der Waals surface area (Å²) in [6.45, 7) is 0. The summed E-state index contributed by atoms with van der Waals surface area (Å²) in [7, 11) is -4.55. The summed E-state index contributed by atoms with van der Waals surface area (Å²) in [5.41, 5.74) is 3.07. The molecule has 1 aliphatic rings. The van der Waals surface area contributed by atoms with Gasteiger partial charge in [0.05, 0.1) is 4.88 Å². The molecule has 0 spiro atoms. The van der Waals surface area contributed by atoms with Crippen LogP contribution in [0.25, 0.3) is 0 Å². The Morgan fingerprint density at radius 2 is 1.87 bits per heavy atom. The first-order chi connectivity index (χ1) is 10.9. The molecule has 0 saturated carbocycles. The second-order valence-electron chi connectivity index (χ2n) is 5.02. The molecule has 5 nitrogen and oxygen atoms in total. The number of hydrogen-bond acceptors (Lipinski definition) is 4. The molecule has 9 heteroatoms. The van der Waals surface area contributed by atoms with Gasteiger partial charge in [-0.15, -0.1) is 16.2 Å². The minimum Gasteiger partial charge on any atom is -0.273 e. The number of rotatable bonds is 4. The van der Waals surface area contributed by atoms with E-state index in [0.29, 0.717) is 4.88 Å². The number of sulfonamides is 1. The molecular weight excluding hydrogens is 346 g/mol. The fourth-order valence-electron chi connectivity index (χ4n) is 2.41. The number of carbonyl (C=O) groups is 1. The number of carbonyl (C=O) groups excluding carboxylic acids is 1. The molecule has 0 fully saturated rings. The molecule has 0 unspecified atom stereocenters. The maximum Gasteiger partial charge on any atom is 0.276 e. The second kappa shape index (κ2) is 5.99. The van der Waals surface area contributed by atoms with Crippen LogP contribution in [0.3, 0.4) is 0 Å². The molecule has 23 heavy (non-hydrogen) atoms. The molecule has 1 aromatic carbocycles. The van der Waals surface area contributed by atoms with E-state index in [9.17, 15) is 22.0 Å². The zero-order valence-electron chi connectivity index (χ0n) is 11.7. The van der Waals surface area contributed by atoms with Crippen molar-refractivity contribution >= 4 is 27.3 Å². The highest BCUT2D eigenvalue weighted by molar-refractivity contribution is 7.89. The van der Waals surface area contributed by atoms with Gasteiger partial charge in [0.1, 0.15) is 11.6 Å². The molecule has 122 valence electrons. The van der Waals surface area contributed by atoms with Crippen molar-refractivity contribution in [2.45, 2.75) is 24.2 Å². The monoisotopic (exact) mass is 358 g/mol. The lowest BCUT2D eigenvalue weighted by Gasteiger charge is -2.09. The van der Waals surface area contributed by atoms with Crippen molar-refractivity contribution in [3.63, 3.8) is 0 Å². The Morgan fingerprint density at radius 3 is 2.52 bits per heavy atom. The van der Waals surface area contributed by atoms with Gasteiger partial charge >= 0.3 is 0 Å². The fourth-order valence-corrected chi connectivity index (χ4v) is 4.53. The van der Waals surface area contributed by atoms with Crippen molar-refractivity contribution < 1.29 is 22.0 Å². The Bertz CT molecular complexity index is 836. The maximum atomic E-state index is 13.5. The zero-order chi connectivity index (χ0) is 16.6. The van der Waals surface area contributed by atoms with E-state index >= 15 is 0 Å². The Balaban J connectivity index is 1.75. The summed E-state index contributed by atoms with van der Waals surface area (Å²) in [6.07, 6.45) is 2.84. The SMILES string of the molecule is O=C(NNS(=O)(=O)c1c(F)cccc1F)c1cc2c(s1)CCC2. The van der Waals surface area contributed by atoms with Crippen LogP contribution in [0.4, 0.5) is 8.78 Å². The lowest BCUT2D eigenvalue weighted by molar-refractivity contribution is 0.0949. The number of aryl methyl sites for hydroxylation is 2. The van der Waals surface area contributed by atoms with Crippen LogP contribution in [0.15, 0.2) is 29.2 Å². The van der Waals surface area contributed by atoms with Gasteiger partial charge in [-0.05, 0) is 43.0 Å². The van der Waals surface area contributed by atoms with Gasteiger partial charge < -0.3 is 0 Å². The van der Waals surface area contributed by atoms with Gasteiger partial charge in [0.2, 0.25) is 0 Å². The van der Waals surface area contributed by atoms with Crippen LogP contribution in [0, 0.1) is 11.6 Å². The van der Waals surface area contributed by atoms with E-state index in [2.05, 4.69) is 0 Å². The lowest BCUT2D eigenvalue weighted by Crippen LogP contribution is -2.41. The number of benzene rings is 1. The molecule has 1 amide bonds. The second-order valence-corrected chi connectivity index (χ2v) is 7.78. The highest BCUT2D eigenvalue weighted by atomic mass is 32.2. The van der Waals surface area contributed by atoms with Gasteiger partial charge in [-0.3, -0.25) is 10.2 Å². The third-order valence-electron chi connectivity index (χ3n) is 3.46. The summed E-state index contributed by atoms with van der Waals surface area (Å²) >= 11 is 1.29. The van der Waals surface area contributed by atoms with Gasteiger partial charge in [0, 0.05) is 4.88 Å². The van der Waals surface area contributed by atoms with E-state index in [4.69, 9.17) is 0 Å². The van der Waals surface area contributed by atoms with Gasteiger partial charge in [-0.2, -0.15) is 0 Å². The molecule has 2 N–H and O–H groups in total. The minimum absolute atomic E-state index is 0.353. The summed E-state index contributed by atoms with van der Waals surface area (Å²) in [4.78, 5) is 14.0. The van der Waals surface area contributed by atoms with Crippen molar-refractivity contribution in [1.29, 1.82) is 0 Å². The van der Waals surface area contributed by atoms with Gasteiger partial charge in [-0.25, -0.2) is 17.2 Å². The van der Waals surface area contributed by atoms with Gasteiger partial charge in [-0.1, -0.05) is 6.07 Å². The molecule has 3 rings (SSSR count). The maximum absolute atomic E-state index is 13.5. The van der Waals surface area contributed by atoms with Gasteiger partial charge in [0.25, 0.3) is 15.9 Å². The predicted molar refractivity (Wildman–Crippen MR) is 80.5 cm³/mol. The van der Waals surface area contributed by atoms with Crippen molar-refractivity contribution in [3.05, 3.63) is 51.2 Å². The average molecular weight is 358 g/mol. The lowest BCUT2D eigenvalue weighted by atomic mass is 10.2. The Labute approximate surface area is 135 Å². The smallest absolute Gasteiger partial charge is 0.273 e. The first-order valence-corrected chi connectivity index (χ1v) is 9.06. The molecule has 1 aromatic heterocycles. The number of fused-ring (bicyclic) bond motifs is 1. The predicted octanol–water partition coefficient (Wildman–Crippen LogP) is 2.14. The summed E-state index contributed by atoms with van der Waals surface area (Å²) in [5.74, 6) is -3.13. The number of thiophene rings is 1. The van der Waals surface area contributed by atoms with Crippen LogP contribution in [-0.2, 0) is 22.9 Å². The molecule has 0 atom stereocenters. The zero-order valence-corrected chi connectivity index (χ0v) is 13.4. The third kappa shape index (κ3) is 3.12. The van der Waals surface area contributed by atoms with E-state index in [1.807, 2.05) is 5.43 Å². The summed E-state index contributed by atoms with van der Waals surface area (Å²) in [6, 6.07) is 4.41. The topological polar surface area (TPSA) is 75.3 Å². The van der Waals surface area contributed by atoms with Crippen LogP contribution >= 0.6 is 11.3 Å². The van der Waals surface area contributed by atoms with Crippen LogP contribution in [0.5, 0.6) is 0 Å². The van der Waals surface area contributed by atoms with Crippen LogP contribution < -0.4 is 10.3 Å². The number of hydrogen-bond donors (Lipinski definition) is 2. The Hall–Kier alpha value is -1.84. The van der Waals surface area contributed by atoms with Crippen molar-refractivity contribution in [2.24, 2.45) is 0 Å². The third-order valence-corrected chi connectivity index (χ3v) is 5.99. The number of amides is 1. The number of hydrazine groups is 1. The molecule has 2 aromatic rings. The fraction of sp³-hybridized carbons (Fsp3) is 0.214. The van der Waals surface area contributed by atoms with Crippen molar-refractivity contribution in [3.8, 4) is 0 Å². The quantitative estimate of drug-likeness (QED) is 0.823. The van der Waals surface area contributed by atoms with Crippen LogP contribution in [0.2, 0.25) is 0 Å². The first-order valence-electron chi connectivity index (χ1n) is 6.76. The minimum atomic E-state index is -4.55. The van der Waals surface area contributed by atoms with Gasteiger partial charge in [0.15, 0.2) is 4.90 Å². The van der Waals surface area contributed by atoms with Crippen LogP contribution in [-0.4, -0.2) is 14.3 Å². The van der Waals surface area contributed by atoms with Crippen molar-refractivity contribution in [1.82, 2.24) is 10.3 Å². The molecule has 0 radical (unpaired) electrons. The standard InChI is InChI=1S/C14H12F2N2O3S2/c15-9-4-2-5-10(16)13(9)23(20,21)18-17-14(19)12-7-8-3-1-6-11(8)22-12/h2,4-5,7,18H,1,3,6H2,(H,17,19). The van der Waals surface area contributed by atoms with Crippen molar-refractivity contribution in [2.75, 3.05) is 0 Å². The number of halogens is 2. The Kier molecular flexibility index (Phi) is 4.17. The summed E-state index contributed by atoms with van der Waals surface area (Å²) < 4.78 is 51.0. The Morgan fingerprint density at radius 1 is 1.17 bits per heavy atom. The average Bonchev–Trinajstić information content (AvgIpc) is 3.05. The van der Waals surface area contributed by atoms with E-state index in [1.165, 1.54) is 11.3 Å². The van der Waals surface area contributed by atoms with E-state index in [1.54, 1.807) is 10.9 Å². The normalized spacial score (nSPS) is 13.8. The van der Waals surface area contributed by atoms with E-state index in [-0.39, 0.29) is 0 Å². The highest BCUT2D eigenvalue weighted by Gasteiger charge is 2.25. The van der Waals surface area contributed by atoms with Crippen LogP contribution in [0.1, 0.15) is 26.5 Å². The first kappa shape index (κ1) is 16.0. The highest BCUT2D eigenvalue weighted by Crippen LogP contribution is 2.30. The van der Waals surface area contributed by atoms with E-state index < -0.39 is 32.5 Å². The molecule has 0 saturated heterocycles. The molecule has 0 bridgehead atoms. The van der Waals surface area contributed by atoms with E-state index in [0.717, 1.165) is 47.9 Å². The largest absolute Gasteiger partial charge is 0.276 e.